The van der Waals surface area contributed by atoms with E-state index in [4.69, 9.17) is 4.74 Å². The van der Waals surface area contributed by atoms with E-state index in [-0.39, 0.29) is 0 Å². The molecule has 4 nitrogen and oxygen atoms in total. The highest BCUT2D eigenvalue weighted by molar-refractivity contribution is 7.09. The van der Waals surface area contributed by atoms with Crippen LogP contribution in [0.4, 0.5) is 0 Å². The largest absolute Gasteiger partial charge is 0.389 e. The summed E-state index contributed by atoms with van der Waals surface area (Å²) in [5, 5.41) is 15.0. The van der Waals surface area contributed by atoms with Crippen LogP contribution >= 0.6 is 11.3 Å². The predicted octanol–water partition coefficient (Wildman–Crippen LogP) is 2.12. The molecule has 5 heteroatoms. The topological polar surface area (TPSA) is 54.4 Å². The maximum Gasteiger partial charge on any atom is 0.0897 e. The molecule has 0 saturated heterocycles. The third-order valence-electron chi connectivity index (χ3n) is 2.82. The molecule has 0 aliphatic rings. The molecular weight excluding hydrogens is 272 g/mol. The Labute approximate surface area is 123 Å². The van der Waals surface area contributed by atoms with E-state index < -0.39 is 6.10 Å². The van der Waals surface area contributed by atoms with Crippen molar-refractivity contribution in [1.29, 1.82) is 0 Å². The van der Waals surface area contributed by atoms with Gasteiger partial charge in [-0.15, -0.1) is 11.3 Å². The molecule has 2 aromatic rings. The molecule has 2 aromatic heterocycles. The highest BCUT2D eigenvalue weighted by Crippen LogP contribution is 2.09. The van der Waals surface area contributed by atoms with Crippen molar-refractivity contribution in [2.24, 2.45) is 0 Å². The number of pyridine rings is 1. The SMILES string of the molecule is Cc1ccc(CNCC(O)COCc2cccs2)cn1. The van der Waals surface area contributed by atoms with Crippen LogP contribution in [0.5, 0.6) is 0 Å². The molecule has 0 spiro atoms. The standard InChI is InChI=1S/C15H20N2O2S/c1-12-4-5-13(8-17-12)7-16-9-14(18)10-19-11-15-3-2-6-20-15/h2-6,8,14,16,18H,7,9-11H2,1H3. The smallest absolute Gasteiger partial charge is 0.0897 e. The molecular formula is C15H20N2O2S. The molecule has 0 bridgehead atoms. The number of ether oxygens (including phenoxy) is 1. The van der Waals surface area contributed by atoms with E-state index in [1.54, 1.807) is 11.3 Å². The molecule has 2 rings (SSSR count). The van der Waals surface area contributed by atoms with Gasteiger partial charge in [0, 0.05) is 29.9 Å². The molecule has 1 atom stereocenters. The molecule has 20 heavy (non-hydrogen) atoms. The lowest BCUT2D eigenvalue weighted by Crippen LogP contribution is -2.30. The highest BCUT2D eigenvalue weighted by Gasteiger charge is 2.04. The fourth-order valence-corrected chi connectivity index (χ4v) is 2.38. The molecule has 0 amide bonds. The number of aliphatic hydroxyl groups is 1. The fraction of sp³-hybridized carbons (Fsp3) is 0.400. The van der Waals surface area contributed by atoms with Crippen molar-refractivity contribution in [1.82, 2.24) is 10.3 Å². The number of thiophene rings is 1. The number of nitrogens with one attached hydrogen (secondary N) is 1. The van der Waals surface area contributed by atoms with Gasteiger partial charge in [-0.2, -0.15) is 0 Å². The summed E-state index contributed by atoms with van der Waals surface area (Å²) in [7, 11) is 0. The van der Waals surface area contributed by atoms with E-state index in [0.29, 0.717) is 26.3 Å². The maximum atomic E-state index is 9.80. The van der Waals surface area contributed by atoms with Crippen LogP contribution in [-0.4, -0.2) is 29.3 Å². The molecule has 0 saturated carbocycles. The van der Waals surface area contributed by atoms with Crippen LogP contribution in [-0.2, 0) is 17.9 Å². The van der Waals surface area contributed by atoms with E-state index in [2.05, 4.69) is 10.3 Å². The summed E-state index contributed by atoms with van der Waals surface area (Å²) in [5.41, 5.74) is 2.12. The molecule has 0 aliphatic heterocycles. The number of aryl methyl sites for hydroxylation is 1. The van der Waals surface area contributed by atoms with Crippen molar-refractivity contribution < 1.29 is 9.84 Å². The second-order valence-corrected chi connectivity index (χ2v) is 5.72. The lowest BCUT2D eigenvalue weighted by molar-refractivity contribution is 0.0297. The van der Waals surface area contributed by atoms with Gasteiger partial charge in [0.05, 0.1) is 19.3 Å². The van der Waals surface area contributed by atoms with Crippen molar-refractivity contribution >= 4 is 11.3 Å². The molecule has 0 aliphatic carbocycles. The van der Waals surface area contributed by atoms with E-state index in [1.807, 2.05) is 42.8 Å². The van der Waals surface area contributed by atoms with Crippen LogP contribution in [0.15, 0.2) is 35.8 Å². The van der Waals surface area contributed by atoms with Gasteiger partial charge in [-0.3, -0.25) is 4.98 Å². The van der Waals surface area contributed by atoms with Crippen molar-refractivity contribution in [3.8, 4) is 0 Å². The van der Waals surface area contributed by atoms with Crippen LogP contribution in [0, 0.1) is 6.92 Å². The van der Waals surface area contributed by atoms with Crippen LogP contribution in [0.25, 0.3) is 0 Å². The number of hydrogen-bond acceptors (Lipinski definition) is 5. The summed E-state index contributed by atoms with van der Waals surface area (Å²) in [6.45, 7) is 4.09. The van der Waals surface area contributed by atoms with E-state index >= 15 is 0 Å². The Morgan fingerprint density at radius 2 is 2.30 bits per heavy atom. The fourth-order valence-electron chi connectivity index (χ4n) is 1.74. The van der Waals surface area contributed by atoms with E-state index in [0.717, 1.165) is 11.3 Å². The average molecular weight is 292 g/mol. The van der Waals surface area contributed by atoms with Crippen molar-refractivity contribution in [3.63, 3.8) is 0 Å². The van der Waals surface area contributed by atoms with Crippen LogP contribution in [0.2, 0.25) is 0 Å². The molecule has 0 radical (unpaired) electrons. The summed E-state index contributed by atoms with van der Waals surface area (Å²) >= 11 is 1.66. The first kappa shape index (κ1) is 15.1. The summed E-state index contributed by atoms with van der Waals surface area (Å²) in [6, 6.07) is 8.04. The normalized spacial score (nSPS) is 12.5. The van der Waals surface area contributed by atoms with Gasteiger partial charge in [-0.25, -0.2) is 0 Å². The van der Waals surface area contributed by atoms with Gasteiger partial charge in [-0.05, 0) is 30.0 Å². The Balaban J connectivity index is 1.58. The highest BCUT2D eigenvalue weighted by atomic mass is 32.1. The van der Waals surface area contributed by atoms with Gasteiger partial charge >= 0.3 is 0 Å². The van der Waals surface area contributed by atoms with Crippen molar-refractivity contribution in [2.45, 2.75) is 26.2 Å². The van der Waals surface area contributed by atoms with Gasteiger partial charge in [0.1, 0.15) is 0 Å². The summed E-state index contributed by atoms with van der Waals surface area (Å²) < 4.78 is 5.47. The third-order valence-corrected chi connectivity index (χ3v) is 3.67. The molecule has 0 aromatic carbocycles. The second kappa shape index (κ2) is 8.11. The summed E-state index contributed by atoms with van der Waals surface area (Å²) in [4.78, 5) is 5.41. The number of aliphatic hydroxyl groups excluding tert-OH is 1. The zero-order chi connectivity index (χ0) is 14.2. The molecule has 2 heterocycles. The first-order chi connectivity index (χ1) is 9.74. The predicted molar refractivity (Wildman–Crippen MR) is 80.7 cm³/mol. The zero-order valence-electron chi connectivity index (χ0n) is 11.6. The van der Waals surface area contributed by atoms with Gasteiger partial charge in [0.25, 0.3) is 0 Å². The van der Waals surface area contributed by atoms with Gasteiger partial charge < -0.3 is 15.2 Å². The first-order valence-corrected chi connectivity index (χ1v) is 7.52. The van der Waals surface area contributed by atoms with Gasteiger partial charge in [-0.1, -0.05) is 12.1 Å². The molecule has 108 valence electrons. The summed E-state index contributed by atoms with van der Waals surface area (Å²) in [6.07, 6.45) is 1.36. The minimum Gasteiger partial charge on any atom is -0.389 e. The Bertz CT molecular complexity index is 485. The van der Waals surface area contributed by atoms with Crippen molar-refractivity contribution in [2.75, 3.05) is 13.2 Å². The van der Waals surface area contributed by atoms with Gasteiger partial charge in [0.15, 0.2) is 0 Å². The minimum atomic E-state index is -0.492. The Morgan fingerprint density at radius 3 is 3.00 bits per heavy atom. The Kier molecular flexibility index (Phi) is 6.14. The monoisotopic (exact) mass is 292 g/mol. The van der Waals surface area contributed by atoms with Crippen LogP contribution in [0.1, 0.15) is 16.1 Å². The molecule has 0 fully saturated rings. The summed E-state index contributed by atoms with van der Waals surface area (Å²) in [5.74, 6) is 0. The zero-order valence-corrected chi connectivity index (χ0v) is 12.4. The van der Waals surface area contributed by atoms with E-state index in [1.165, 1.54) is 4.88 Å². The lowest BCUT2D eigenvalue weighted by Gasteiger charge is -2.12. The van der Waals surface area contributed by atoms with Crippen LogP contribution in [0.3, 0.4) is 0 Å². The Hall–Kier alpha value is -1.27. The Morgan fingerprint density at radius 1 is 1.40 bits per heavy atom. The first-order valence-electron chi connectivity index (χ1n) is 6.64. The average Bonchev–Trinajstić information content (AvgIpc) is 2.94. The number of rotatable bonds is 8. The molecule has 2 N–H and O–H groups in total. The van der Waals surface area contributed by atoms with Crippen LogP contribution < -0.4 is 5.32 Å². The van der Waals surface area contributed by atoms with Crippen molar-refractivity contribution in [3.05, 3.63) is 52.0 Å². The third kappa shape index (κ3) is 5.38. The number of hydrogen-bond donors (Lipinski definition) is 2. The quantitative estimate of drug-likeness (QED) is 0.782. The maximum absolute atomic E-state index is 9.80. The minimum absolute atomic E-state index is 0.344. The number of nitrogens with zero attached hydrogens (tertiary/aromatic N) is 1. The second-order valence-electron chi connectivity index (χ2n) is 4.69. The van der Waals surface area contributed by atoms with Gasteiger partial charge in [0.2, 0.25) is 0 Å². The van der Waals surface area contributed by atoms with E-state index in [9.17, 15) is 5.11 Å². The number of aromatic nitrogens is 1. The molecule has 1 unspecified atom stereocenters. The lowest BCUT2D eigenvalue weighted by atomic mass is 10.2.